The van der Waals surface area contributed by atoms with Crippen molar-refractivity contribution in [1.82, 2.24) is 30.2 Å². The number of cyclic esters (lactones) is 1. The van der Waals surface area contributed by atoms with Gasteiger partial charge in [0, 0.05) is 48.4 Å². The van der Waals surface area contributed by atoms with Crippen molar-refractivity contribution < 1.29 is 28.2 Å². The van der Waals surface area contributed by atoms with Crippen molar-refractivity contribution in [3.05, 3.63) is 60.4 Å². The molecule has 0 spiro atoms. The van der Waals surface area contributed by atoms with E-state index in [-0.39, 0.29) is 24.3 Å². The summed E-state index contributed by atoms with van der Waals surface area (Å²) in [5.74, 6) is -0.836. The Morgan fingerprint density at radius 1 is 1.17 bits per heavy atom. The number of likely N-dealkylation sites (tertiary alicyclic amines) is 1. The molecule has 3 amide bonds. The van der Waals surface area contributed by atoms with Gasteiger partial charge in [-0.25, -0.2) is 18.7 Å². The Hall–Kier alpha value is -5.06. The Bertz CT molecular complexity index is 1730. The number of anilines is 1. The van der Waals surface area contributed by atoms with Gasteiger partial charge in [0.2, 0.25) is 5.91 Å². The number of carbonyl (C=O) groups is 3. The highest BCUT2D eigenvalue weighted by Gasteiger charge is 2.72. The average molecular weight is 629 g/mol. The van der Waals surface area contributed by atoms with Crippen LogP contribution in [0.15, 0.2) is 48.9 Å². The number of nitriles is 1. The molecule has 2 aliphatic carbocycles. The van der Waals surface area contributed by atoms with E-state index in [1.807, 2.05) is 0 Å². The Morgan fingerprint density at radius 2 is 1.93 bits per heavy atom. The number of hydrogen-bond donors (Lipinski definition) is 1. The molecule has 1 unspecified atom stereocenters. The number of benzene rings is 1. The number of aromatic nitrogens is 4. The summed E-state index contributed by atoms with van der Waals surface area (Å²) in [6.45, 7) is 6.68. The maximum atomic E-state index is 15.3. The largest absolute Gasteiger partial charge is 0.444 e. The predicted molar refractivity (Wildman–Crippen MR) is 159 cm³/mol. The van der Waals surface area contributed by atoms with Crippen LogP contribution in [0.25, 0.3) is 11.1 Å². The van der Waals surface area contributed by atoms with Crippen molar-refractivity contribution in [3.8, 4) is 17.2 Å². The van der Waals surface area contributed by atoms with Crippen LogP contribution in [0.2, 0.25) is 0 Å². The molecule has 7 rings (SSSR count). The molecule has 13 nitrogen and oxygen atoms in total. The van der Waals surface area contributed by atoms with Crippen LogP contribution < -0.4 is 10.2 Å². The third kappa shape index (κ3) is 5.09. The van der Waals surface area contributed by atoms with Gasteiger partial charge in [0.05, 0.1) is 36.7 Å². The summed E-state index contributed by atoms with van der Waals surface area (Å²) in [7, 11) is 0. The second-order valence-electron chi connectivity index (χ2n) is 13.5. The highest BCUT2D eigenvalue weighted by Crippen LogP contribution is 2.63. The van der Waals surface area contributed by atoms with Crippen molar-refractivity contribution in [3.63, 3.8) is 0 Å². The first-order chi connectivity index (χ1) is 21.9. The zero-order chi connectivity index (χ0) is 32.4. The third-order valence-corrected chi connectivity index (χ3v) is 9.25. The van der Waals surface area contributed by atoms with Crippen LogP contribution in [0.4, 0.5) is 19.7 Å². The van der Waals surface area contributed by atoms with E-state index in [0.717, 1.165) is 0 Å². The molecule has 4 fully saturated rings. The van der Waals surface area contributed by atoms with E-state index in [1.54, 1.807) is 67.0 Å². The highest BCUT2D eigenvalue weighted by molar-refractivity contribution is 5.93. The normalized spacial score (nSPS) is 25.8. The number of carbonyl (C=O) groups excluding carboxylic acids is 3. The fraction of sp³-hybridized carbons (Fsp3) is 0.469. The second-order valence-corrected chi connectivity index (χ2v) is 13.5. The highest BCUT2D eigenvalue weighted by atomic mass is 19.1. The van der Waals surface area contributed by atoms with Gasteiger partial charge >= 0.3 is 12.2 Å². The summed E-state index contributed by atoms with van der Waals surface area (Å²) in [5, 5.41) is 20.6. The number of pyridine rings is 1. The average Bonchev–Trinajstić information content (AvgIpc) is 3.59. The van der Waals surface area contributed by atoms with Gasteiger partial charge in [-0.05, 0) is 57.9 Å². The lowest BCUT2D eigenvalue weighted by molar-refractivity contribution is -0.134. The number of hydrogen-bond acceptors (Lipinski definition) is 9. The topological polar surface area (TPSA) is 156 Å². The number of ether oxygens (including phenoxy) is 2. The van der Waals surface area contributed by atoms with Crippen molar-refractivity contribution in [1.29, 1.82) is 5.26 Å². The van der Waals surface area contributed by atoms with Gasteiger partial charge in [0.15, 0.2) is 0 Å². The summed E-state index contributed by atoms with van der Waals surface area (Å²) in [6, 6.07) is 10.5. The monoisotopic (exact) mass is 628 g/mol. The molecule has 2 aromatic heterocycles. The number of amides is 3. The summed E-state index contributed by atoms with van der Waals surface area (Å²) >= 11 is 0. The number of nitrogens with one attached hydrogen (secondary N) is 1. The van der Waals surface area contributed by atoms with E-state index in [1.165, 1.54) is 17.2 Å². The van der Waals surface area contributed by atoms with Gasteiger partial charge in [-0.2, -0.15) is 5.26 Å². The predicted octanol–water partition coefficient (Wildman–Crippen LogP) is 3.41. The van der Waals surface area contributed by atoms with Crippen LogP contribution in [0, 0.1) is 29.0 Å². The van der Waals surface area contributed by atoms with Crippen molar-refractivity contribution in [2.24, 2.45) is 11.8 Å². The van der Waals surface area contributed by atoms with E-state index in [2.05, 4.69) is 26.7 Å². The van der Waals surface area contributed by atoms with Gasteiger partial charge in [-0.3, -0.25) is 14.7 Å². The van der Waals surface area contributed by atoms with Crippen molar-refractivity contribution in [2.75, 3.05) is 24.5 Å². The molecule has 2 saturated heterocycles. The number of alkyl carbamates (subject to hydrolysis) is 1. The van der Waals surface area contributed by atoms with Crippen LogP contribution in [-0.2, 0) is 26.2 Å². The maximum absolute atomic E-state index is 15.3. The van der Waals surface area contributed by atoms with Crippen LogP contribution in [0.3, 0.4) is 0 Å². The van der Waals surface area contributed by atoms with Gasteiger partial charge in [-0.15, -0.1) is 5.10 Å². The van der Waals surface area contributed by atoms with Gasteiger partial charge < -0.3 is 19.7 Å². The molecule has 0 bridgehead atoms. The Balaban J connectivity index is 0.995. The fourth-order valence-electron chi connectivity index (χ4n) is 6.79. The van der Waals surface area contributed by atoms with Crippen LogP contribution in [-0.4, -0.2) is 79.8 Å². The number of fused-ring (bicyclic) bond motifs is 1. The molecule has 1 aromatic carbocycles. The molecule has 46 heavy (non-hydrogen) atoms. The third-order valence-electron chi connectivity index (χ3n) is 9.25. The van der Waals surface area contributed by atoms with Gasteiger partial charge in [-0.1, -0.05) is 11.3 Å². The standard InChI is InChI=1S/C32H33FN8O5/c1-30(2,3)46-28(43)37-31(8-9-31)27(42)39-16-23-24(17-39)32(23,18-34)26-7-4-19(13-35-26)22-6-5-20(12-25(22)33)41-15-21(45-29(41)44)14-40-11-10-36-38-40/h4-7,10-13,21,23-24H,8-9,14-17H2,1-3H3,(H,37,43)/t21-,23-,24+,32?/m0/s1. The fourth-order valence-corrected chi connectivity index (χ4v) is 6.79. The number of piperidine rings is 1. The summed E-state index contributed by atoms with van der Waals surface area (Å²) in [5.41, 5.74) is -0.644. The lowest BCUT2D eigenvalue weighted by Crippen LogP contribution is -2.52. The van der Waals surface area contributed by atoms with E-state index < -0.39 is 40.7 Å². The molecule has 2 aliphatic heterocycles. The minimum atomic E-state index is -0.942. The number of halogens is 1. The summed E-state index contributed by atoms with van der Waals surface area (Å²) < 4.78 is 27.7. The quantitative estimate of drug-likeness (QED) is 0.414. The molecular weight excluding hydrogens is 595 g/mol. The first kappa shape index (κ1) is 29.6. The molecule has 0 radical (unpaired) electrons. The second kappa shape index (κ2) is 10.5. The Labute approximate surface area is 264 Å². The minimum absolute atomic E-state index is 0.0817. The van der Waals surface area contributed by atoms with Crippen LogP contribution in [0.1, 0.15) is 39.3 Å². The Morgan fingerprint density at radius 3 is 2.52 bits per heavy atom. The SMILES string of the molecule is CC(C)(C)OC(=O)NC1(C(=O)N2C[C@@H]3[C@H](C2)C3(C#N)c2ccc(-c3ccc(N4C[C@H](Cn5ccnn5)OC4=O)cc3F)cn2)CC1. The maximum Gasteiger partial charge on any atom is 0.414 e. The molecule has 4 aliphatic rings. The minimum Gasteiger partial charge on any atom is -0.444 e. The lowest BCUT2D eigenvalue weighted by atomic mass is 9.95. The number of nitrogens with zero attached hydrogens (tertiary/aromatic N) is 7. The molecule has 1 N–H and O–H groups in total. The smallest absolute Gasteiger partial charge is 0.414 e. The lowest BCUT2D eigenvalue weighted by Gasteiger charge is -2.28. The van der Waals surface area contributed by atoms with Gasteiger partial charge in [0.1, 0.15) is 28.5 Å². The molecule has 14 heteroatoms. The number of rotatable bonds is 7. The van der Waals surface area contributed by atoms with E-state index >= 15 is 4.39 Å². The zero-order valence-electron chi connectivity index (χ0n) is 25.6. The van der Waals surface area contributed by atoms with E-state index in [0.29, 0.717) is 55.0 Å². The summed E-state index contributed by atoms with van der Waals surface area (Å²) in [4.78, 5) is 45.9. The molecule has 2 saturated carbocycles. The summed E-state index contributed by atoms with van der Waals surface area (Å²) in [6.07, 6.45) is 4.23. The molecule has 4 heterocycles. The van der Waals surface area contributed by atoms with Crippen LogP contribution >= 0.6 is 0 Å². The van der Waals surface area contributed by atoms with E-state index in [9.17, 15) is 19.6 Å². The Kier molecular flexibility index (Phi) is 6.77. The zero-order valence-corrected chi connectivity index (χ0v) is 25.6. The molecular formula is C32H33FN8O5. The van der Waals surface area contributed by atoms with Gasteiger partial charge in [0.25, 0.3) is 0 Å². The van der Waals surface area contributed by atoms with Crippen LogP contribution in [0.5, 0.6) is 0 Å². The molecule has 3 aromatic rings. The van der Waals surface area contributed by atoms with Crippen molar-refractivity contribution in [2.45, 2.75) is 62.8 Å². The first-order valence-electron chi connectivity index (χ1n) is 15.2. The van der Waals surface area contributed by atoms with E-state index in [4.69, 9.17) is 9.47 Å². The van der Waals surface area contributed by atoms with Crippen molar-refractivity contribution >= 4 is 23.8 Å². The molecule has 4 atom stereocenters. The molecule has 238 valence electrons. The first-order valence-corrected chi connectivity index (χ1v) is 15.2.